The monoisotopic (exact) mass is 244 g/mol. The number of anilines is 1. The molecule has 1 aromatic heterocycles. The van der Waals surface area contributed by atoms with Crippen molar-refractivity contribution in [3.8, 4) is 11.1 Å². The van der Waals surface area contributed by atoms with E-state index in [0.29, 0.717) is 5.82 Å². The maximum atomic E-state index is 5.96. The molecule has 0 aliphatic carbocycles. The highest BCUT2D eigenvalue weighted by atomic mass is 15.3. The van der Waals surface area contributed by atoms with Crippen molar-refractivity contribution in [2.45, 2.75) is 13.0 Å². The van der Waals surface area contributed by atoms with Crippen molar-refractivity contribution in [2.75, 3.05) is 26.4 Å². The molecule has 18 heavy (non-hydrogen) atoms. The second-order valence-electron chi connectivity index (χ2n) is 4.71. The third-order valence-electron chi connectivity index (χ3n) is 2.87. The number of hydrogen-bond donors (Lipinski definition) is 1. The van der Waals surface area contributed by atoms with E-state index in [0.717, 1.165) is 30.6 Å². The Morgan fingerprint density at radius 3 is 2.61 bits per heavy atom. The Morgan fingerprint density at radius 2 is 1.94 bits per heavy atom. The number of aryl methyl sites for hydroxylation is 1. The van der Waals surface area contributed by atoms with E-state index in [2.05, 4.69) is 36.2 Å². The van der Waals surface area contributed by atoms with Crippen LogP contribution < -0.4 is 5.73 Å². The molecule has 2 rings (SSSR count). The van der Waals surface area contributed by atoms with Crippen molar-refractivity contribution < 1.29 is 0 Å². The van der Waals surface area contributed by atoms with Crippen molar-refractivity contribution in [3.05, 3.63) is 36.5 Å². The summed E-state index contributed by atoms with van der Waals surface area (Å²) in [7, 11) is 4.15. The molecule has 2 N–H and O–H groups in total. The Labute approximate surface area is 108 Å². The molecule has 0 bridgehead atoms. The highest BCUT2D eigenvalue weighted by Gasteiger charge is 2.07. The lowest BCUT2D eigenvalue weighted by Gasteiger charge is -2.08. The molecule has 0 radical (unpaired) electrons. The van der Waals surface area contributed by atoms with Gasteiger partial charge in [0.1, 0.15) is 0 Å². The first kappa shape index (κ1) is 12.6. The van der Waals surface area contributed by atoms with Crippen LogP contribution in [0.1, 0.15) is 6.42 Å². The first-order valence-corrected chi connectivity index (χ1v) is 6.20. The molecule has 0 aliphatic rings. The summed E-state index contributed by atoms with van der Waals surface area (Å²) in [6, 6.07) is 10.1. The molecule has 96 valence electrons. The van der Waals surface area contributed by atoms with Crippen LogP contribution in [0, 0.1) is 0 Å². The Bertz CT molecular complexity index is 488. The fraction of sp³-hybridized carbons (Fsp3) is 0.357. The fourth-order valence-corrected chi connectivity index (χ4v) is 1.94. The van der Waals surface area contributed by atoms with Crippen molar-refractivity contribution in [2.24, 2.45) is 0 Å². The Hall–Kier alpha value is -1.81. The van der Waals surface area contributed by atoms with Crippen LogP contribution in [0.2, 0.25) is 0 Å². The topological polar surface area (TPSA) is 47.1 Å². The minimum atomic E-state index is 0.603. The standard InChI is InChI=1S/C14H20N4/c1-17(2)9-6-10-18-11-13(14(15)16-18)12-7-4-3-5-8-12/h3-5,7-8,11H,6,9-10H2,1-2H3,(H2,15,16). The predicted octanol–water partition coefficient (Wildman–Crippen LogP) is 2.08. The number of aromatic nitrogens is 2. The second-order valence-corrected chi connectivity index (χ2v) is 4.71. The SMILES string of the molecule is CN(C)CCCn1cc(-c2ccccc2)c(N)n1. The summed E-state index contributed by atoms with van der Waals surface area (Å²) in [4.78, 5) is 2.17. The van der Waals surface area contributed by atoms with E-state index in [1.54, 1.807) is 0 Å². The number of nitrogens with zero attached hydrogens (tertiary/aromatic N) is 3. The minimum absolute atomic E-state index is 0.603. The molecular formula is C14H20N4. The molecule has 0 fully saturated rings. The predicted molar refractivity (Wildman–Crippen MR) is 75.2 cm³/mol. The van der Waals surface area contributed by atoms with E-state index in [-0.39, 0.29) is 0 Å². The van der Waals surface area contributed by atoms with Gasteiger partial charge in [-0.2, -0.15) is 5.10 Å². The van der Waals surface area contributed by atoms with Gasteiger partial charge in [0.2, 0.25) is 0 Å². The van der Waals surface area contributed by atoms with Crippen molar-refractivity contribution in [3.63, 3.8) is 0 Å². The van der Waals surface area contributed by atoms with Gasteiger partial charge in [0.25, 0.3) is 0 Å². The summed E-state index contributed by atoms with van der Waals surface area (Å²) in [5.41, 5.74) is 8.10. The first-order chi connectivity index (χ1) is 8.66. The van der Waals surface area contributed by atoms with E-state index in [9.17, 15) is 0 Å². The molecule has 0 saturated carbocycles. The van der Waals surface area contributed by atoms with Gasteiger partial charge in [-0.3, -0.25) is 4.68 Å². The molecule has 2 aromatic rings. The Balaban J connectivity index is 2.08. The van der Waals surface area contributed by atoms with Crippen LogP contribution >= 0.6 is 0 Å². The smallest absolute Gasteiger partial charge is 0.153 e. The summed E-state index contributed by atoms with van der Waals surface area (Å²) < 4.78 is 1.93. The van der Waals surface area contributed by atoms with E-state index in [4.69, 9.17) is 5.73 Å². The lowest BCUT2D eigenvalue weighted by atomic mass is 10.1. The summed E-state index contributed by atoms with van der Waals surface area (Å²) >= 11 is 0. The second kappa shape index (κ2) is 5.69. The van der Waals surface area contributed by atoms with Gasteiger partial charge in [0.15, 0.2) is 5.82 Å². The lowest BCUT2D eigenvalue weighted by Crippen LogP contribution is -2.15. The van der Waals surface area contributed by atoms with Gasteiger partial charge in [-0.05, 0) is 32.6 Å². The van der Waals surface area contributed by atoms with Gasteiger partial charge < -0.3 is 10.6 Å². The molecule has 0 spiro atoms. The molecule has 0 unspecified atom stereocenters. The highest BCUT2D eigenvalue weighted by Crippen LogP contribution is 2.24. The molecule has 0 saturated heterocycles. The van der Waals surface area contributed by atoms with Crippen LogP contribution in [0.25, 0.3) is 11.1 Å². The number of rotatable bonds is 5. The van der Waals surface area contributed by atoms with Crippen molar-refractivity contribution in [1.29, 1.82) is 0 Å². The maximum absolute atomic E-state index is 5.96. The van der Waals surface area contributed by atoms with Gasteiger partial charge in [0.05, 0.1) is 0 Å². The zero-order valence-electron chi connectivity index (χ0n) is 11.0. The number of nitrogen functional groups attached to an aromatic ring is 1. The largest absolute Gasteiger partial charge is 0.382 e. The van der Waals surface area contributed by atoms with Gasteiger partial charge in [0, 0.05) is 18.3 Å². The lowest BCUT2D eigenvalue weighted by molar-refractivity contribution is 0.381. The van der Waals surface area contributed by atoms with Crippen molar-refractivity contribution >= 4 is 5.82 Å². The van der Waals surface area contributed by atoms with Gasteiger partial charge in [-0.25, -0.2) is 0 Å². The molecule has 4 nitrogen and oxygen atoms in total. The van der Waals surface area contributed by atoms with Crippen molar-refractivity contribution in [1.82, 2.24) is 14.7 Å². The van der Waals surface area contributed by atoms with Crippen LogP contribution in [0.4, 0.5) is 5.82 Å². The highest BCUT2D eigenvalue weighted by molar-refractivity contribution is 5.72. The van der Waals surface area contributed by atoms with E-state index < -0.39 is 0 Å². The van der Waals surface area contributed by atoms with Crippen LogP contribution in [0.15, 0.2) is 36.5 Å². The summed E-state index contributed by atoms with van der Waals surface area (Å²) in [6.07, 6.45) is 3.10. The van der Waals surface area contributed by atoms with Crippen LogP contribution in [-0.2, 0) is 6.54 Å². The fourth-order valence-electron chi connectivity index (χ4n) is 1.94. The molecule has 1 heterocycles. The van der Waals surface area contributed by atoms with Gasteiger partial charge in [-0.15, -0.1) is 0 Å². The van der Waals surface area contributed by atoms with Crippen LogP contribution in [0.3, 0.4) is 0 Å². The molecule has 0 amide bonds. The quantitative estimate of drug-likeness (QED) is 0.876. The summed E-state index contributed by atoms with van der Waals surface area (Å²) in [5.74, 6) is 0.603. The van der Waals surface area contributed by atoms with Gasteiger partial charge >= 0.3 is 0 Å². The first-order valence-electron chi connectivity index (χ1n) is 6.20. The zero-order chi connectivity index (χ0) is 13.0. The summed E-state index contributed by atoms with van der Waals surface area (Å²) in [6.45, 7) is 1.95. The Kier molecular flexibility index (Phi) is 3.99. The average molecular weight is 244 g/mol. The number of benzene rings is 1. The maximum Gasteiger partial charge on any atom is 0.153 e. The van der Waals surface area contributed by atoms with E-state index >= 15 is 0 Å². The van der Waals surface area contributed by atoms with E-state index in [1.165, 1.54) is 0 Å². The van der Waals surface area contributed by atoms with Gasteiger partial charge in [-0.1, -0.05) is 30.3 Å². The molecule has 0 atom stereocenters. The molecule has 4 heteroatoms. The number of hydrogen-bond acceptors (Lipinski definition) is 3. The Morgan fingerprint density at radius 1 is 1.22 bits per heavy atom. The van der Waals surface area contributed by atoms with E-state index in [1.807, 2.05) is 29.1 Å². The average Bonchev–Trinajstić information content (AvgIpc) is 2.71. The number of nitrogens with two attached hydrogens (primary N) is 1. The van der Waals surface area contributed by atoms with Crippen LogP contribution in [-0.4, -0.2) is 35.3 Å². The minimum Gasteiger partial charge on any atom is -0.382 e. The van der Waals surface area contributed by atoms with Crippen LogP contribution in [0.5, 0.6) is 0 Å². The normalized spacial score (nSPS) is 11.1. The third kappa shape index (κ3) is 3.11. The summed E-state index contributed by atoms with van der Waals surface area (Å²) in [5, 5.41) is 4.36. The molecule has 0 aliphatic heterocycles. The molecular weight excluding hydrogens is 224 g/mol. The zero-order valence-corrected chi connectivity index (χ0v) is 11.0. The third-order valence-corrected chi connectivity index (χ3v) is 2.87. The molecule has 1 aromatic carbocycles.